The van der Waals surface area contributed by atoms with Crippen molar-refractivity contribution in [1.82, 2.24) is 4.98 Å². The van der Waals surface area contributed by atoms with Gasteiger partial charge in [-0.3, -0.25) is 0 Å². The van der Waals surface area contributed by atoms with Crippen molar-refractivity contribution in [3.63, 3.8) is 0 Å². The number of benzene rings is 2. The van der Waals surface area contributed by atoms with Gasteiger partial charge in [-0.05, 0) is 42.3 Å². The molecule has 0 radical (unpaired) electrons. The number of carbonyl (C=O) groups is 1. The highest BCUT2D eigenvalue weighted by molar-refractivity contribution is 5.92. The van der Waals surface area contributed by atoms with Gasteiger partial charge >= 0.3 is 12.1 Å². The van der Waals surface area contributed by atoms with E-state index in [1.165, 1.54) is 6.08 Å². The fourth-order valence-electron chi connectivity index (χ4n) is 2.88. The largest absolute Gasteiger partial charge is 0.477 e. The van der Waals surface area contributed by atoms with Crippen LogP contribution in [0, 0.1) is 0 Å². The van der Waals surface area contributed by atoms with Crippen molar-refractivity contribution >= 4 is 22.9 Å². The van der Waals surface area contributed by atoms with Crippen LogP contribution < -0.4 is 0 Å². The Morgan fingerprint density at radius 3 is 2.52 bits per heavy atom. The lowest BCUT2D eigenvalue weighted by molar-refractivity contribution is -0.170. The van der Waals surface area contributed by atoms with Crippen LogP contribution in [0.3, 0.4) is 0 Å². The Morgan fingerprint density at radius 2 is 1.83 bits per heavy atom. The van der Waals surface area contributed by atoms with Gasteiger partial charge in [0.25, 0.3) is 0 Å². The van der Waals surface area contributed by atoms with Crippen molar-refractivity contribution in [3.8, 4) is 0 Å². The minimum atomic E-state index is -4.55. The van der Waals surface area contributed by atoms with Crippen LogP contribution in [0.4, 0.5) is 13.2 Å². The zero-order chi connectivity index (χ0) is 20.9. The number of aromatic amines is 1. The average Bonchev–Trinajstić information content (AvgIpc) is 3.06. The molecule has 1 N–H and O–H groups in total. The van der Waals surface area contributed by atoms with E-state index in [1.807, 2.05) is 42.5 Å². The monoisotopic (exact) mass is 403 g/mol. The van der Waals surface area contributed by atoms with E-state index in [9.17, 15) is 18.0 Å². The number of aromatic nitrogens is 1. The number of fused-ring (bicyclic) bond motifs is 1. The lowest BCUT2D eigenvalue weighted by Crippen LogP contribution is -2.20. The summed E-state index contributed by atoms with van der Waals surface area (Å²) < 4.78 is 46.9. The van der Waals surface area contributed by atoms with Crippen molar-refractivity contribution in [2.45, 2.75) is 19.5 Å². The highest BCUT2D eigenvalue weighted by atomic mass is 19.4. The number of hydrogen-bond acceptors (Lipinski definition) is 3. The van der Waals surface area contributed by atoms with E-state index in [4.69, 9.17) is 4.74 Å². The summed E-state index contributed by atoms with van der Waals surface area (Å²) in [5.41, 5.74) is 3.59. The highest BCUT2D eigenvalue weighted by Crippen LogP contribution is 2.22. The second-order valence-corrected chi connectivity index (χ2v) is 6.44. The number of hydrogen-bond donors (Lipinski definition) is 1. The fourth-order valence-corrected chi connectivity index (χ4v) is 2.88. The SMILES string of the molecule is CCOC(=O)C(=Cc1ccc2[nH]c(Cc3ccccc3)cc2c1)OCC(F)(F)F. The molecular formula is C22H20F3NO3. The molecule has 0 spiro atoms. The van der Waals surface area contributed by atoms with Gasteiger partial charge in [0.15, 0.2) is 6.61 Å². The molecular weight excluding hydrogens is 383 g/mol. The molecule has 2 aromatic carbocycles. The molecule has 0 amide bonds. The summed E-state index contributed by atoms with van der Waals surface area (Å²) in [5.74, 6) is -1.42. The Bertz CT molecular complexity index is 1010. The van der Waals surface area contributed by atoms with Crippen LogP contribution in [0.25, 0.3) is 17.0 Å². The molecule has 0 saturated heterocycles. The third kappa shape index (κ3) is 5.88. The van der Waals surface area contributed by atoms with Gasteiger partial charge in [0.1, 0.15) is 0 Å². The van der Waals surface area contributed by atoms with Gasteiger partial charge in [-0.25, -0.2) is 4.79 Å². The standard InChI is InChI=1S/C22H20F3NO3/c1-2-28-21(27)20(29-14-22(23,24)25)12-16-8-9-19-17(10-16)13-18(26-19)11-15-6-4-3-5-7-15/h3-10,12-13,26H,2,11,14H2,1H3. The zero-order valence-electron chi connectivity index (χ0n) is 15.8. The molecule has 1 aromatic heterocycles. The number of alkyl halides is 3. The molecule has 0 aliphatic carbocycles. The number of esters is 1. The lowest BCUT2D eigenvalue weighted by atomic mass is 10.1. The summed E-state index contributed by atoms with van der Waals surface area (Å²) in [5, 5.41) is 0.878. The van der Waals surface area contributed by atoms with Crippen LogP contribution in [0.15, 0.2) is 60.4 Å². The van der Waals surface area contributed by atoms with Gasteiger partial charge in [0, 0.05) is 23.0 Å². The number of nitrogens with one attached hydrogen (secondary N) is 1. The van der Waals surface area contributed by atoms with Crippen molar-refractivity contribution in [2.24, 2.45) is 0 Å². The maximum Gasteiger partial charge on any atom is 0.422 e. The van der Waals surface area contributed by atoms with Gasteiger partial charge in [-0.1, -0.05) is 36.4 Å². The van der Waals surface area contributed by atoms with Gasteiger partial charge < -0.3 is 14.5 Å². The summed E-state index contributed by atoms with van der Waals surface area (Å²) in [6, 6.07) is 17.2. The van der Waals surface area contributed by atoms with Gasteiger partial charge in [0.2, 0.25) is 5.76 Å². The Hall–Kier alpha value is -3.22. The smallest absolute Gasteiger partial charge is 0.422 e. The van der Waals surface area contributed by atoms with Crippen LogP contribution in [0.2, 0.25) is 0 Å². The molecule has 3 rings (SSSR count). The van der Waals surface area contributed by atoms with Crippen LogP contribution in [0.5, 0.6) is 0 Å². The normalized spacial score (nSPS) is 12.2. The van der Waals surface area contributed by atoms with Crippen LogP contribution in [-0.2, 0) is 20.7 Å². The van der Waals surface area contributed by atoms with E-state index in [2.05, 4.69) is 9.72 Å². The van der Waals surface area contributed by atoms with Crippen molar-refractivity contribution in [2.75, 3.05) is 13.2 Å². The van der Waals surface area contributed by atoms with Crippen LogP contribution in [0.1, 0.15) is 23.7 Å². The molecule has 1 heterocycles. The maximum absolute atomic E-state index is 12.5. The third-order valence-corrected chi connectivity index (χ3v) is 4.10. The average molecular weight is 403 g/mol. The summed E-state index contributed by atoms with van der Waals surface area (Å²) in [4.78, 5) is 15.3. The van der Waals surface area contributed by atoms with E-state index < -0.39 is 24.5 Å². The van der Waals surface area contributed by atoms with Crippen molar-refractivity contribution in [1.29, 1.82) is 0 Å². The van der Waals surface area contributed by atoms with E-state index in [0.717, 1.165) is 28.6 Å². The number of carbonyl (C=O) groups excluding carboxylic acids is 1. The van der Waals surface area contributed by atoms with E-state index in [-0.39, 0.29) is 6.61 Å². The van der Waals surface area contributed by atoms with Gasteiger partial charge in [-0.15, -0.1) is 0 Å². The predicted octanol–water partition coefficient (Wildman–Crippen LogP) is 5.24. The molecule has 0 saturated carbocycles. The number of rotatable bonds is 7. The number of ether oxygens (including phenoxy) is 2. The summed E-state index contributed by atoms with van der Waals surface area (Å²) in [6.07, 6.45) is -2.57. The lowest BCUT2D eigenvalue weighted by Gasteiger charge is -2.11. The molecule has 152 valence electrons. The minimum absolute atomic E-state index is 0.0330. The predicted molar refractivity (Wildman–Crippen MR) is 104 cm³/mol. The second kappa shape index (κ2) is 8.86. The topological polar surface area (TPSA) is 51.3 Å². The molecule has 0 unspecified atom stereocenters. The molecule has 0 bridgehead atoms. The molecule has 0 aliphatic heterocycles. The van der Waals surface area contributed by atoms with E-state index in [0.29, 0.717) is 5.56 Å². The number of halogens is 3. The Labute approximate surface area is 165 Å². The Morgan fingerprint density at radius 1 is 1.07 bits per heavy atom. The molecule has 0 fully saturated rings. The summed E-state index contributed by atoms with van der Waals surface area (Å²) in [7, 11) is 0. The molecule has 0 atom stereocenters. The number of H-pyrrole nitrogens is 1. The van der Waals surface area contributed by atoms with Gasteiger partial charge in [-0.2, -0.15) is 13.2 Å². The second-order valence-electron chi connectivity index (χ2n) is 6.44. The Kier molecular flexibility index (Phi) is 6.26. The van der Waals surface area contributed by atoms with Gasteiger partial charge in [0.05, 0.1) is 6.61 Å². The molecule has 7 heteroatoms. The molecule has 29 heavy (non-hydrogen) atoms. The van der Waals surface area contributed by atoms with E-state index >= 15 is 0 Å². The quantitative estimate of drug-likeness (QED) is 0.333. The fraction of sp³-hybridized carbons (Fsp3) is 0.227. The first-order valence-electron chi connectivity index (χ1n) is 9.08. The summed E-state index contributed by atoms with van der Waals surface area (Å²) >= 11 is 0. The molecule has 0 aliphatic rings. The highest BCUT2D eigenvalue weighted by Gasteiger charge is 2.30. The van der Waals surface area contributed by atoms with E-state index in [1.54, 1.807) is 19.1 Å². The van der Waals surface area contributed by atoms with Crippen molar-refractivity contribution in [3.05, 3.63) is 77.2 Å². The molecule has 4 nitrogen and oxygen atoms in total. The Balaban J connectivity index is 1.85. The van der Waals surface area contributed by atoms with Crippen LogP contribution >= 0.6 is 0 Å². The van der Waals surface area contributed by atoms with Crippen molar-refractivity contribution < 1.29 is 27.4 Å². The first-order chi connectivity index (χ1) is 13.8. The first-order valence-corrected chi connectivity index (χ1v) is 9.08. The first kappa shape index (κ1) is 20.5. The van der Waals surface area contributed by atoms with Crippen LogP contribution in [-0.4, -0.2) is 30.3 Å². The maximum atomic E-state index is 12.5. The third-order valence-electron chi connectivity index (χ3n) is 4.10. The zero-order valence-corrected chi connectivity index (χ0v) is 15.8. The molecule has 3 aromatic rings. The summed E-state index contributed by atoms with van der Waals surface area (Å²) in [6.45, 7) is 0.0376. The minimum Gasteiger partial charge on any atom is -0.477 e.